The van der Waals surface area contributed by atoms with E-state index < -0.39 is 0 Å². The number of hydrogen-bond donors (Lipinski definition) is 0. The molecule has 5 heteroatoms. The number of hydrogen-bond acceptors (Lipinski definition) is 4. The average molecular weight is 251 g/mol. The fourth-order valence-corrected chi connectivity index (χ4v) is 1.83. The van der Waals surface area contributed by atoms with Crippen molar-refractivity contribution < 1.29 is 19.1 Å². The Hall–Kier alpha value is -1.75. The van der Waals surface area contributed by atoms with Gasteiger partial charge in [0.1, 0.15) is 0 Å². The minimum atomic E-state index is -0.142. The number of amides is 1. The zero-order valence-corrected chi connectivity index (χ0v) is 10.6. The van der Waals surface area contributed by atoms with Crippen molar-refractivity contribution in [3.05, 3.63) is 23.8 Å². The van der Waals surface area contributed by atoms with Crippen LogP contribution in [0.5, 0.6) is 11.5 Å². The second-order valence-corrected chi connectivity index (χ2v) is 3.89. The third-order valence-corrected chi connectivity index (χ3v) is 2.69. The molecule has 0 atom stereocenters. The number of ether oxygens (including phenoxy) is 2. The molecular formula is C13H17NO4. The number of carbonyl (C=O) groups excluding carboxylic acids is 1. The molecule has 1 heterocycles. The van der Waals surface area contributed by atoms with Crippen molar-refractivity contribution in [3.8, 4) is 11.5 Å². The third kappa shape index (κ3) is 2.56. The molecule has 0 unspecified atom stereocenters. The van der Waals surface area contributed by atoms with Crippen LogP contribution < -0.4 is 9.47 Å². The van der Waals surface area contributed by atoms with E-state index in [4.69, 9.17) is 14.3 Å². The van der Waals surface area contributed by atoms with E-state index in [0.29, 0.717) is 36.8 Å². The number of methoxy groups -OCH3 is 1. The second kappa shape index (κ2) is 5.73. The molecule has 1 aromatic rings. The zero-order chi connectivity index (χ0) is 13.0. The van der Waals surface area contributed by atoms with Crippen molar-refractivity contribution in [2.75, 3.05) is 26.9 Å². The van der Waals surface area contributed by atoms with Gasteiger partial charge >= 0.3 is 0 Å². The van der Waals surface area contributed by atoms with Gasteiger partial charge in [-0.1, -0.05) is 0 Å². The summed E-state index contributed by atoms with van der Waals surface area (Å²) in [5, 5.41) is 1.39. The van der Waals surface area contributed by atoms with Crippen molar-refractivity contribution in [1.82, 2.24) is 5.06 Å². The van der Waals surface area contributed by atoms with Crippen LogP contribution in [-0.2, 0) is 4.84 Å². The normalized spacial score (nSPS) is 14.7. The Balaban J connectivity index is 2.22. The molecule has 1 aromatic carbocycles. The van der Waals surface area contributed by atoms with Crippen LogP contribution in [0.4, 0.5) is 0 Å². The summed E-state index contributed by atoms with van der Waals surface area (Å²) in [4.78, 5) is 17.3. The van der Waals surface area contributed by atoms with Crippen LogP contribution in [0.3, 0.4) is 0 Å². The van der Waals surface area contributed by atoms with E-state index >= 15 is 0 Å². The van der Waals surface area contributed by atoms with Gasteiger partial charge < -0.3 is 9.47 Å². The molecule has 98 valence electrons. The van der Waals surface area contributed by atoms with E-state index in [9.17, 15) is 4.79 Å². The molecule has 2 rings (SSSR count). The predicted molar refractivity (Wildman–Crippen MR) is 65.8 cm³/mol. The number of benzene rings is 1. The van der Waals surface area contributed by atoms with Crippen molar-refractivity contribution in [2.45, 2.75) is 13.3 Å². The summed E-state index contributed by atoms with van der Waals surface area (Å²) in [6.07, 6.45) is 0.875. The van der Waals surface area contributed by atoms with E-state index in [0.717, 1.165) is 6.42 Å². The molecule has 1 fully saturated rings. The Bertz CT molecular complexity index is 427. The molecular weight excluding hydrogens is 234 g/mol. The zero-order valence-electron chi connectivity index (χ0n) is 10.6. The largest absolute Gasteiger partial charge is 0.493 e. The van der Waals surface area contributed by atoms with Crippen LogP contribution in [0.15, 0.2) is 18.2 Å². The fourth-order valence-electron chi connectivity index (χ4n) is 1.83. The molecule has 5 nitrogen and oxygen atoms in total. The first-order chi connectivity index (χ1) is 8.76. The monoisotopic (exact) mass is 251 g/mol. The van der Waals surface area contributed by atoms with Gasteiger partial charge in [0.15, 0.2) is 11.5 Å². The molecule has 0 spiro atoms. The first-order valence-corrected chi connectivity index (χ1v) is 6.02. The van der Waals surface area contributed by atoms with Gasteiger partial charge in [-0.2, -0.15) is 0 Å². The molecule has 1 saturated heterocycles. The van der Waals surface area contributed by atoms with E-state index in [-0.39, 0.29) is 5.91 Å². The van der Waals surface area contributed by atoms with Gasteiger partial charge in [0, 0.05) is 5.56 Å². The van der Waals surface area contributed by atoms with Gasteiger partial charge in [-0.3, -0.25) is 9.63 Å². The smallest absolute Gasteiger partial charge is 0.277 e. The van der Waals surface area contributed by atoms with Crippen LogP contribution in [-0.4, -0.2) is 37.8 Å². The van der Waals surface area contributed by atoms with E-state index in [1.54, 1.807) is 25.3 Å². The maximum atomic E-state index is 12.1. The summed E-state index contributed by atoms with van der Waals surface area (Å²) < 4.78 is 10.6. The average Bonchev–Trinajstić information content (AvgIpc) is 2.92. The molecule has 1 aliphatic rings. The maximum absolute atomic E-state index is 12.1. The molecule has 0 saturated carbocycles. The van der Waals surface area contributed by atoms with Crippen LogP contribution in [0.1, 0.15) is 23.7 Å². The topological polar surface area (TPSA) is 48.0 Å². The van der Waals surface area contributed by atoms with Gasteiger partial charge in [0.25, 0.3) is 5.91 Å². The lowest BCUT2D eigenvalue weighted by molar-refractivity contribution is -0.0768. The predicted octanol–water partition coefficient (Wildman–Crippen LogP) is 1.87. The molecule has 0 bridgehead atoms. The summed E-state index contributed by atoms with van der Waals surface area (Å²) in [7, 11) is 1.57. The SMILES string of the molecule is CCOc1cc(C(=O)N2CCCO2)ccc1OC. The molecule has 0 aliphatic carbocycles. The quantitative estimate of drug-likeness (QED) is 0.819. The maximum Gasteiger partial charge on any atom is 0.277 e. The Morgan fingerprint density at radius 1 is 1.44 bits per heavy atom. The van der Waals surface area contributed by atoms with E-state index in [1.165, 1.54) is 5.06 Å². The van der Waals surface area contributed by atoms with Gasteiger partial charge in [-0.05, 0) is 31.5 Å². The second-order valence-electron chi connectivity index (χ2n) is 3.89. The minimum absolute atomic E-state index is 0.142. The highest BCUT2D eigenvalue weighted by atomic mass is 16.7. The molecule has 1 aliphatic heterocycles. The van der Waals surface area contributed by atoms with Crippen LogP contribution in [0.25, 0.3) is 0 Å². The van der Waals surface area contributed by atoms with Gasteiger partial charge in [0.2, 0.25) is 0 Å². The fraction of sp³-hybridized carbons (Fsp3) is 0.462. The minimum Gasteiger partial charge on any atom is -0.493 e. The third-order valence-electron chi connectivity index (χ3n) is 2.69. The van der Waals surface area contributed by atoms with Crippen molar-refractivity contribution in [2.24, 2.45) is 0 Å². The summed E-state index contributed by atoms with van der Waals surface area (Å²) in [6.45, 7) is 3.64. The number of carbonyl (C=O) groups is 1. The van der Waals surface area contributed by atoms with Crippen molar-refractivity contribution >= 4 is 5.91 Å². The number of hydroxylamine groups is 2. The first kappa shape index (κ1) is 12.7. The van der Waals surface area contributed by atoms with Gasteiger partial charge in [-0.25, -0.2) is 5.06 Å². The van der Waals surface area contributed by atoms with E-state index in [1.807, 2.05) is 6.92 Å². The summed E-state index contributed by atoms with van der Waals surface area (Å²) in [5.74, 6) is 1.05. The molecule has 0 aromatic heterocycles. The highest BCUT2D eigenvalue weighted by Gasteiger charge is 2.22. The lowest BCUT2D eigenvalue weighted by Crippen LogP contribution is -2.26. The van der Waals surface area contributed by atoms with Gasteiger partial charge in [-0.15, -0.1) is 0 Å². The lowest BCUT2D eigenvalue weighted by Gasteiger charge is -2.15. The molecule has 18 heavy (non-hydrogen) atoms. The van der Waals surface area contributed by atoms with Crippen LogP contribution in [0, 0.1) is 0 Å². The van der Waals surface area contributed by atoms with Crippen LogP contribution >= 0.6 is 0 Å². The van der Waals surface area contributed by atoms with Crippen molar-refractivity contribution in [3.63, 3.8) is 0 Å². The Morgan fingerprint density at radius 3 is 2.89 bits per heavy atom. The van der Waals surface area contributed by atoms with Crippen LogP contribution in [0.2, 0.25) is 0 Å². The lowest BCUT2D eigenvalue weighted by atomic mass is 10.2. The Labute approximate surface area is 106 Å². The standard InChI is InChI=1S/C13H17NO4/c1-3-17-12-9-10(5-6-11(12)16-2)13(15)14-7-4-8-18-14/h5-6,9H,3-4,7-8H2,1-2H3. The highest BCUT2D eigenvalue weighted by Crippen LogP contribution is 2.28. The Morgan fingerprint density at radius 2 is 2.28 bits per heavy atom. The molecule has 0 radical (unpaired) electrons. The summed E-state index contributed by atoms with van der Waals surface area (Å²) in [5.41, 5.74) is 0.543. The molecule has 1 amide bonds. The summed E-state index contributed by atoms with van der Waals surface area (Å²) in [6, 6.07) is 5.13. The van der Waals surface area contributed by atoms with Gasteiger partial charge in [0.05, 0.1) is 26.9 Å². The highest BCUT2D eigenvalue weighted by molar-refractivity contribution is 5.94. The van der Waals surface area contributed by atoms with Crippen molar-refractivity contribution in [1.29, 1.82) is 0 Å². The summed E-state index contributed by atoms with van der Waals surface area (Å²) >= 11 is 0. The molecule has 0 N–H and O–H groups in total. The number of nitrogens with zero attached hydrogens (tertiary/aromatic N) is 1. The first-order valence-electron chi connectivity index (χ1n) is 6.02. The Kier molecular flexibility index (Phi) is 4.04. The number of rotatable bonds is 4. The van der Waals surface area contributed by atoms with E-state index in [2.05, 4.69) is 0 Å².